The topological polar surface area (TPSA) is 47.0 Å². The lowest BCUT2D eigenvalue weighted by Gasteiger charge is -2.14. The van der Waals surface area contributed by atoms with E-state index in [9.17, 15) is 0 Å². The molecule has 84 valence electrons. The van der Waals surface area contributed by atoms with Crippen molar-refractivity contribution < 1.29 is 4.74 Å². The highest BCUT2D eigenvalue weighted by molar-refractivity contribution is 9.10. The number of rotatable bonds is 4. The van der Waals surface area contributed by atoms with Gasteiger partial charge in [0.2, 0.25) is 0 Å². The largest absolute Gasteiger partial charge is 0.373 e. The summed E-state index contributed by atoms with van der Waals surface area (Å²) in [5.41, 5.74) is 0.917. The molecule has 0 aliphatic carbocycles. The molecule has 1 heterocycles. The van der Waals surface area contributed by atoms with Crippen LogP contribution in [0.15, 0.2) is 4.47 Å². The number of anilines is 1. The van der Waals surface area contributed by atoms with Crippen molar-refractivity contribution in [3.8, 4) is 0 Å². The predicted molar refractivity (Wildman–Crippen MR) is 64.1 cm³/mol. The van der Waals surface area contributed by atoms with E-state index in [-0.39, 0.29) is 6.10 Å². The van der Waals surface area contributed by atoms with E-state index in [1.807, 2.05) is 20.9 Å². The molecule has 1 aromatic rings. The Morgan fingerprint density at radius 1 is 1.47 bits per heavy atom. The van der Waals surface area contributed by atoms with E-state index >= 15 is 0 Å². The van der Waals surface area contributed by atoms with Crippen LogP contribution >= 0.6 is 15.9 Å². The average molecular weight is 274 g/mol. The van der Waals surface area contributed by atoms with Gasteiger partial charge in [0.1, 0.15) is 11.9 Å². The summed E-state index contributed by atoms with van der Waals surface area (Å²) in [4.78, 5) is 8.80. The summed E-state index contributed by atoms with van der Waals surface area (Å²) in [6.45, 7) is 3.99. The number of hydrogen-bond acceptors (Lipinski definition) is 4. The molecule has 0 amide bonds. The summed E-state index contributed by atoms with van der Waals surface area (Å²) in [5.74, 6) is 1.53. The first-order valence-corrected chi connectivity index (χ1v) is 5.67. The number of aromatic nitrogens is 2. The molecule has 15 heavy (non-hydrogen) atoms. The van der Waals surface area contributed by atoms with Crippen molar-refractivity contribution >= 4 is 21.7 Å². The fourth-order valence-corrected chi connectivity index (χ4v) is 1.72. The fourth-order valence-electron chi connectivity index (χ4n) is 1.35. The maximum Gasteiger partial charge on any atom is 0.159 e. The Kier molecular flexibility index (Phi) is 4.47. The average Bonchev–Trinajstić information content (AvgIpc) is 2.24. The molecule has 0 radical (unpaired) electrons. The Morgan fingerprint density at radius 3 is 2.60 bits per heavy atom. The van der Waals surface area contributed by atoms with Crippen LogP contribution in [0.2, 0.25) is 0 Å². The molecule has 0 aromatic carbocycles. The Labute approximate surface area is 98.6 Å². The second kappa shape index (κ2) is 5.42. The maximum absolute atomic E-state index is 5.31. The van der Waals surface area contributed by atoms with Crippen molar-refractivity contribution in [3.63, 3.8) is 0 Å². The van der Waals surface area contributed by atoms with E-state index in [4.69, 9.17) is 4.74 Å². The van der Waals surface area contributed by atoms with Crippen molar-refractivity contribution in [1.82, 2.24) is 9.97 Å². The number of halogens is 1. The number of hydrogen-bond donors (Lipinski definition) is 1. The predicted octanol–water partition coefficient (Wildman–Crippen LogP) is 2.69. The zero-order valence-corrected chi connectivity index (χ0v) is 11.1. The van der Waals surface area contributed by atoms with Crippen LogP contribution in [0.3, 0.4) is 0 Å². The zero-order valence-electron chi connectivity index (χ0n) is 9.47. The monoisotopic (exact) mass is 273 g/mol. The minimum Gasteiger partial charge on any atom is -0.373 e. The van der Waals surface area contributed by atoms with Crippen LogP contribution in [-0.4, -0.2) is 24.1 Å². The molecule has 0 spiro atoms. The lowest BCUT2D eigenvalue weighted by atomic mass is 10.2. The van der Waals surface area contributed by atoms with Gasteiger partial charge in [-0.15, -0.1) is 0 Å². The van der Waals surface area contributed by atoms with Crippen molar-refractivity contribution in [3.05, 3.63) is 16.0 Å². The molecule has 0 aliphatic rings. The highest BCUT2D eigenvalue weighted by Crippen LogP contribution is 2.26. The first kappa shape index (κ1) is 12.4. The SMILES string of the molecule is CCC(OC)c1nc(C)c(Br)c(NC)n1. The summed E-state index contributed by atoms with van der Waals surface area (Å²) >= 11 is 3.44. The van der Waals surface area contributed by atoms with Gasteiger partial charge >= 0.3 is 0 Å². The normalized spacial score (nSPS) is 12.6. The molecule has 1 aromatic heterocycles. The van der Waals surface area contributed by atoms with Crippen molar-refractivity contribution in [2.45, 2.75) is 26.4 Å². The van der Waals surface area contributed by atoms with Gasteiger partial charge in [-0.1, -0.05) is 6.92 Å². The molecular formula is C10H16BrN3O. The number of ether oxygens (including phenoxy) is 1. The number of nitrogens with zero attached hydrogens (tertiary/aromatic N) is 2. The van der Waals surface area contributed by atoms with Crippen molar-refractivity contribution in [2.24, 2.45) is 0 Å². The third-order valence-corrected chi connectivity index (χ3v) is 3.16. The molecule has 0 fully saturated rings. The van der Waals surface area contributed by atoms with E-state index in [1.165, 1.54) is 0 Å². The van der Waals surface area contributed by atoms with E-state index < -0.39 is 0 Å². The molecule has 0 bridgehead atoms. The van der Waals surface area contributed by atoms with Crippen molar-refractivity contribution in [1.29, 1.82) is 0 Å². The van der Waals surface area contributed by atoms with Gasteiger partial charge in [0.15, 0.2) is 5.82 Å². The molecule has 0 aliphatic heterocycles. The molecule has 0 saturated heterocycles. The highest BCUT2D eigenvalue weighted by Gasteiger charge is 2.15. The molecule has 0 saturated carbocycles. The molecule has 1 atom stereocenters. The highest BCUT2D eigenvalue weighted by atomic mass is 79.9. The summed E-state index contributed by atoms with van der Waals surface area (Å²) in [7, 11) is 3.51. The molecule has 1 rings (SSSR count). The zero-order chi connectivity index (χ0) is 11.4. The van der Waals surface area contributed by atoms with Gasteiger partial charge in [-0.05, 0) is 29.3 Å². The molecule has 5 heteroatoms. The molecule has 4 nitrogen and oxygen atoms in total. The van der Waals surface area contributed by atoms with Gasteiger partial charge in [0, 0.05) is 14.2 Å². The Hall–Kier alpha value is -0.680. The van der Waals surface area contributed by atoms with Crippen LogP contribution in [0.5, 0.6) is 0 Å². The van der Waals surface area contributed by atoms with Gasteiger partial charge in [0.05, 0.1) is 10.2 Å². The molecular weight excluding hydrogens is 258 g/mol. The van der Waals surface area contributed by atoms with E-state index in [2.05, 4.69) is 31.2 Å². The lowest BCUT2D eigenvalue weighted by Crippen LogP contribution is -2.09. The second-order valence-electron chi connectivity index (χ2n) is 3.21. The first-order chi connectivity index (χ1) is 7.13. The summed E-state index contributed by atoms with van der Waals surface area (Å²) in [6.07, 6.45) is 0.824. The van der Waals surface area contributed by atoms with E-state index in [0.29, 0.717) is 0 Å². The summed E-state index contributed by atoms with van der Waals surface area (Å²) < 4.78 is 6.21. The summed E-state index contributed by atoms with van der Waals surface area (Å²) in [5, 5.41) is 3.03. The minimum atomic E-state index is -0.0381. The van der Waals surface area contributed by atoms with Crippen molar-refractivity contribution in [2.75, 3.05) is 19.5 Å². The molecule has 1 unspecified atom stereocenters. The van der Waals surface area contributed by atoms with Gasteiger partial charge < -0.3 is 10.1 Å². The van der Waals surface area contributed by atoms with Gasteiger partial charge in [-0.3, -0.25) is 0 Å². The summed E-state index contributed by atoms with van der Waals surface area (Å²) in [6, 6.07) is 0. The standard InChI is InChI=1S/C10H16BrN3O/c1-5-7(15-4)9-13-6(2)8(11)10(12-3)14-9/h7H,5H2,1-4H3,(H,12,13,14). The van der Waals surface area contributed by atoms with Gasteiger partial charge in [0.25, 0.3) is 0 Å². The van der Waals surface area contributed by atoms with E-state index in [0.717, 1.165) is 28.2 Å². The Bertz CT molecular complexity index is 340. The van der Waals surface area contributed by atoms with Gasteiger partial charge in [-0.25, -0.2) is 9.97 Å². The Morgan fingerprint density at radius 2 is 2.13 bits per heavy atom. The van der Waals surface area contributed by atoms with E-state index in [1.54, 1.807) is 7.11 Å². The number of aryl methyl sites for hydroxylation is 1. The second-order valence-corrected chi connectivity index (χ2v) is 4.01. The number of nitrogens with one attached hydrogen (secondary N) is 1. The van der Waals surface area contributed by atoms with Crippen LogP contribution in [0, 0.1) is 6.92 Å². The molecule has 1 N–H and O–H groups in total. The third kappa shape index (κ3) is 2.66. The maximum atomic E-state index is 5.31. The third-order valence-electron chi connectivity index (χ3n) is 2.21. The van der Waals surface area contributed by atoms with Crippen LogP contribution in [0.1, 0.15) is 31.0 Å². The lowest BCUT2D eigenvalue weighted by molar-refractivity contribution is 0.0925. The quantitative estimate of drug-likeness (QED) is 0.917. The first-order valence-electron chi connectivity index (χ1n) is 4.88. The van der Waals surface area contributed by atoms with Crippen LogP contribution in [0.25, 0.3) is 0 Å². The fraction of sp³-hybridized carbons (Fsp3) is 0.600. The van der Waals surface area contributed by atoms with Crippen LogP contribution in [-0.2, 0) is 4.74 Å². The number of methoxy groups -OCH3 is 1. The Balaban J connectivity index is 3.15. The minimum absolute atomic E-state index is 0.0381. The van der Waals surface area contributed by atoms with Crippen LogP contribution in [0.4, 0.5) is 5.82 Å². The smallest absolute Gasteiger partial charge is 0.159 e. The van der Waals surface area contributed by atoms with Crippen LogP contribution < -0.4 is 5.32 Å². The van der Waals surface area contributed by atoms with Gasteiger partial charge in [-0.2, -0.15) is 0 Å².